The standard InChI is InChI=1S/C14H19ClO2/c1-2-3-4-5-6-12-7-9-13(10-8-12)17-11-14(15)16/h7-10H,2-6,11H2,1H3. The van der Waals surface area contributed by atoms with Gasteiger partial charge in [0.1, 0.15) is 5.75 Å². The molecule has 0 atom stereocenters. The van der Waals surface area contributed by atoms with E-state index in [0.29, 0.717) is 5.75 Å². The molecule has 0 bridgehead atoms. The topological polar surface area (TPSA) is 26.3 Å². The van der Waals surface area contributed by atoms with Crippen molar-refractivity contribution in [1.29, 1.82) is 0 Å². The molecule has 0 fully saturated rings. The van der Waals surface area contributed by atoms with E-state index in [1.165, 1.54) is 31.2 Å². The number of aryl methyl sites for hydroxylation is 1. The molecule has 0 aliphatic carbocycles. The van der Waals surface area contributed by atoms with Crippen LogP contribution in [-0.2, 0) is 11.2 Å². The van der Waals surface area contributed by atoms with Crippen LogP contribution in [0.4, 0.5) is 0 Å². The fourth-order valence-corrected chi connectivity index (χ4v) is 1.70. The normalized spacial score (nSPS) is 10.2. The summed E-state index contributed by atoms with van der Waals surface area (Å²) in [5, 5.41) is -0.478. The minimum atomic E-state index is -0.478. The van der Waals surface area contributed by atoms with Gasteiger partial charge in [-0.15, -0.1) is 0 Å². The number of benzene rings is 1. The van der Waals surface area contributed by atoms with Crippen molar-refractivity contribution >= 4 is 16.8 Å². The smallest absolute Gasteiger partial charge is 0.259 e. The van der Waals surface area contributed by atoms with E-state index in [4.69, 9.17) is 16.3 Å². The van der Waals surface area contributed by atoms with E-state index >= 15 is 0 Å². The second-order valence-electron chi connectivity index (χ2n) is 4.10. The minimum absolute atomic E-state index is 0.0720. The summed E-state index contributed by atoms with van der Waals surface area (Å²) in [6, 6.07) is 7.85. The first-order chi connectivity index (χ1) is 8.22. The SMILES string of the molecule is CCCCCCc1ccc(OCC(=O)Cl)cc1. The molecule has 3 heteroatoms. The van der Waals surface area contributed by atoms with E-state index in [-0.39, 0.29) is 6.61 Å². The zero-order chi connectivity index (χ0) is 12.5. The second-order valence-corrected chi connectivity index (χ2v) is 4.52. The summed E-state index contributed by atoms with van der Waals surface area (Å²) in [5.41, 5.74) is 1.31. The van der Waals surface area contributed by atoms with Gasteiger partial charge in [-0.1, -0.05) is 38.3 Å². The summed E-state index contributed by atoms with van der Waals surface area (Å²) in [7, 11) is 0. The fourth-order valence-electron chi connectivity index (χ4n) is 1.65. The first-order valence-corrected chi connectivity index (χ1v) is 6.50. The van der Waals surface area contributed by atoms with E-state index in [1.807, 2.05) is 24.3 Å². The van der Waals surface area contributed by atoms with Crippen LogP contribution in [0.3, 0.4) is 0 Å². The number of rotatable bonds is 8. The van der Waals surface area contributed by atoms with E-state index in [9.17, 15) is 4.79 Å². The van der Waals surface area contributed by atoms with Crippen LogP contribution in [0.1, 0.15) is 38.2 Å². The van der Waals surface area contributed by atoms with Gasteiger partial charge in [0.15, 0.2) is 6.61 Å². The Kier molecular flexibility index (Phi) is 6.71. The maximum Gasteiger partial charge on any atom is 0.259 e. The monoisotopic (exact) mass is 254 g/mol. The largest absolute Gasteiger partial charge is 0.484 e. The molecule has 94 valence electrons. The number of carbonyl (C=O) groups is 1. The Morgan fingerprint density at radius 3 is 2.47 bits per heavy atom. The molecule has 0 radical (unpaired) electrons. The van der Waals surface area contributed by atoms with Gasteiger partial charge in [0.2, 0.25) is 0 Å². The van der Waals surface area contributed by atoms with Crippen LogP contribution < -0.4 is 4.74 Å². The number of halogens is 1. The van der Waals surface area contributed by atoms with Gasteiger partial charge >= 0.3 is 0 Å². The predicted molar refractivity (Wildman–Crippen MR) is 70.6 cm³/mol. The first-order valence-electron chi connectivity index (χ1n) is 6.12. The molecule has 0 heterocycles. The van der Waals surface area contributed by atoms with Gasteiger partial charge < -0.3 is 4.74 Å². The molecule has 0 amide bonds. The van der Waals surface area contributed by atoms with Crippen LogP contribution >= 0.6 is 11.6 Å². The average molecular weight is 255 g/mol. The Morgan fingerprint density at radius 1 is 1.18 bits per heavy atom. The summed E-state index contributed by atoms with van der Waals surface area (Å²) >= 11 is 5.19. The van der Waals surface area contributed by atoms with Crippen molar-refractivity contribution in [3.63, 3.8) is 0 Å². The van der Waals surface area contributed by atoms with Gasteiger partial charge in [-0.2, -0.15) is 0 Å². The van der Waals surface area contributed by atoms with E-state index in [1.54, 1.807) is 0 Å². The minimum Gasteiger partial charge on any atom is -0.484 e. The van der Waals surface area contributed by atoms with E-state index in [2.05, 4.69) is 6.92 Å². The molecule has 0 aliphatic heterocycles. The highest BCUT2D eigenvalue weighted by Gasteiger charge is 1.99. The van der Waals surface area contributed by atoms with Crippen molar-refractivity contribution in [3.8, 4) is 5.75 Å². The first kappa shape index (κ1) is 14.0. The highest BCUT2D eigenvalue weighted by molar-refractivity contribution is 6.63. The summed E-state index contributed by atoms with van der Waals surface area (Å²) in [4.78, 5) is 10.5. The quantitative estimate of drug-likeness (QED) is 0.519. The molecule has 0 saturated carbocycles. The third-order valence-electron chi connectivity index (χ3n) is 2.59. The molecule has 0 saturated heterocycles. The van der Waals surface area contributed by atoms with Crippen LogP contribution in [0, 0.1) is 0 Å². The molecular weight excluding hydrogens is 236 g/mol. The highest BCUT2D eigenvalue weighted by Crippen LogP contribution is 2.14. The van der Waals surface area contributed by atoms with Crippen LogP contribution in [0.2, 0.25) is 0 Å². The van der Waals surface area contributed by atoms with Gasteiger partial charge in [0, 0.05) is 0 Å². The number of carbonyl (C=O) groups excluding carboxylic acids is 1. The van der Waals surface area contributed by atoms with Crippen LogP contribution in [0.25, 0.3) is 0 Å². The van der Waals surface area contributed by atoms with Gasteiger partial charge in [0.25, 0.3) is 5.24 Å². The van der Waals surface area contributed by atoms with Crippen molar-refractivity contribution in [1.82, 2.24) is 0 Å². The Hall–Kier alpha value is -1.02. The molecule has 1 rings (SSSR count). The lowest BCUT2D eigenvalue weighted by atomic mass is 10.1. The Morgan fingerprint density at radius 2 is 1.88 bits per heavy atom. The lowest BCUT2D eigenvalue weighted by Crippen LogP contribution is -2.04. The molecule has 0 unspecified atom stereocenters. The van der Waals surface area contributed by atoms with Gasteiger partial charge in [-0.3, -0.25) is 4.79 Å². The molecule has 0 aliphatic rings. The molecule has 0 spiro atoms. The van der Waals surface area contributed by atoms with Crippen LogP contribution in [0.15, 0.2) is 24.3 Å². The van der Waals surface area contributed by atoms with Crippen molar-refractivity contribution in [2.24, 2.45) is 0 Å². The average Bonchev–Trinajstić information content (AvgIpc) is 2.33. The molecule has 1 aromatic carbocycles. The number of hydrogen-bond acceptors (Lipinski definition) is 2. The zero-order valence-corrected chi connectivity index (χ0v) is 11.0. The fraction of sp³-hybridized carbons (Fsp3) is 0.500. The summed E-state index contributed by atoms with van der Waals surface area (Å²) in [6.07, 6.45) is 6.19. The van der Waals surface area contributed by atoms with E-state index < -0.39 is 5.24 Å². The lowest BCUT2D eigenvalue weighted by molar-refractivity contribution is -0.113. The Balaban J connectivity index is 2.31. The third-order valence-corrected chi connectivity index (χ3v) is 2.70. The molecule has 17 heavy (non-hydrogen) atoms. The van der Waals surface area contributed by atoms with Crippen molar-refractivity contribution in [3.05, 3.63) is 29.8 Å². The molecule has 0 N–H and O–H groups in total. The second kappa shape index (κ2) is 8.13. The Labute approximate surface area is 108 Å². The number of unbranched alkanes of at least 4 members (excludes halogenated alkanes) is 3. The summed E-state index contributed by atoms with van der Waals surface area (Å²) in [6.45, 7) is 2.14. The summed E-state index contributed by atoms with van der Waals surface area (Å²) in [5.74, 6) is 0.691. The number of ether oxygens (including phenoxy) is 1. The third kappa shape index (κ3) is 6.32. The van der Waals surface area contributed by atoms with Crippen molar-refractivity contribution in [2.75, 3.05) is 6.61 Å². The maximum absolute atomic E-state index is 10.5. The molecule has 1 aromatic rings. The van der Waals surface area contributed by atoms with Gasteiger partial charge in [-0.25, -0.2) is 0 Å². The van der Waals surface area contributed by atoms with Crippen molar-refractivity contribution in [2.45, 2.75) is 39.0 Å². The van der Waals surface area contributed by atoms with Gasteiger partial charge in [0.05, 0.1) is 0 Å². The zero-order valence-electron chi connectivity index (χ0n) is 10.2. The highest BCUT2D eigenvalue weighted by atomic mass is 35.5. The molecule has 2 nitrogen and oxygen atoms in total. The van der Waals surface area contributed by atoms with E-state index in [0.717, 1.165) is 6.42 Å². The maximum atomic E-state index is 10.5. The van der Waals surface area contributed by atoms with Crippen LogP contribution in [0.5, 0.6) is 5.75 Å². The van der Waals surface area contributed by atoms with Gasteiger partial charge in [-0.05, 0) is 42.1 Å². The summed E-state index contributed by atoms with van der Waals surface area (Å²) < 4.78 is 5.18. The Bertz CT molecular complexity index is 333. The number of hydrogen-bond donors (Lipinski definition) is 0. The predicted octanol–water partition coefficient (Wildman–Crippen LogP) is 3.95. The molecular formula is C14H19ClO2. The molecule has 0 aromatic heterocycles. The van der Waals surface area contributed by atoms with Crippen molar-refractivity contribution < 1.29 is 9.53 Å². The lowest BCUT2D eigenvalue weighted by Gasteiger charge is -2.05. The van der Waals surface area contributed by atoms with Crippen LogP contribution in [-0.4, -0.2) is 11.8 Å².